The number of para-hydroxylation sites is 1. The van der Waals surface area contributed by atoms with Crippen LogP contribution in [0, 0.1) is 11.8 Å². The summed E-state index contributed by atoms with van der Waals surface area (Å²) in [6.07, 6.45) is 7.75. The minimum absolute atomic E-state index is 0.0166. The molecule has 1 N–H and O–H groups in total. The van der Waals surface area contributed by atoms with Crippen molar-refractivity contribution in [3.63, 3.8) is 0 Å². The van der Waals surface area contributed by atoms with Crippen LogP contribution in [0.2, 0.25) is 0 Å². The third-order valence-electron chi connectivity index (χ3n) is 8.40. The first-order chi connectivity index (χ1) is 17.7. The average Bonchev–Trinajstić information content (AvgIpc) is 3.41. The highest BCUT2D eigenvalue weighted by Crippen LogP contribution is 2.47. The lowest BCUT2D eigenvalue weighted by Crippen LogP contribution is -2.44. The summed E-state index contributed by atoms with van der Waals surface area (Å²) < 4.78 is 42.7. The standard InChI is InChI=1S/C28H40O8/c29-25-15-20-19(8-5-12-27-32-17-18-7-1-2-9-21(18)34-27)23(16-24(20)33-25)36-28-22(10-6-14-31-28)35-26-11-3-4-13-30-26/h1-2,7,9,19-20,22-29H,3-6,8,10-17H2/t19-,20-,22+,23-,24+,25?,26?,27?,28?/m1/s1. The first kappa shape index (κ1) is 25.0. The number of ether oxygens (including phenoxy) is 7. The molecule has 4 aliphatic heterocycles. The maximum atomic E-state index is 10.1. The van der Waals surface area contributed by atoms with E-state index in [1.54, 1.807) is 0 Å². The van der Waals surface area contributed by atoms with E-state index in [1.165, 1.54) is 0 Å². The van der Waals surface area contributed by atoms with Crippen LogP contribution in [0.4, 0.5) is 0 Å². The molecule has 3 saturated heterocycles. The van der Waals surface area contributed by atoms with Crippen LogP contribution in [0.1, 0.15) is 69.8 Å². The van der Waals surface area contributed by atoms with Gasteiger partial charge in [-0.15, -0.1) is 0 Å². The zero-order chi connectivity index (χ0) is 24.3. The molecular weight excluding hydrogens is 464 g/mol. The highest BCUT2D eigenvalue weighted by atomic mass is 16.7. The van der Waals surface area contributed by atoms with Crippen LogP contribution in [0.3, 0.4) is 0 Å². The molecule has 4 fully saturated rings. The van der Waals surface area contributed by atoms with Crippen LogP contribution in [0.15, 0.2) is 24.3 Å². The Morgan fingerprint density at radius 3 is 2.72 bits per heavy atom. The summed E-state index contributed by atoms with van der Waals surface area (Å²) in [5, 5.41) is 10.1. The van der Waals surface area contributed by atoms with Gasteiger partial charge in [-0.25, -0.2) is 0 Å². The van der Waals surface area contributed by atoms with Crippen LogP contribution < -0.4 is 4.74 Å². The maximum Gasteiger partial charge on any atom is 0.200 e. The minimum atomic E-state index is -0.671. The van der Waals surface area contributed by atoms with E-state index < -0.39 is 6.29 Å². The molecule has 6 rings (SSSR count). The van der Waals surface area contributed by atoms with E-state index in [4.69, 9.17) is 33.2 Å². The smallest absolute Gasteiger partial charge is 0.200 e. The molecule has 0 aromatic heterocycles. The number of rotatable bonds is 8. The molecule has 1 aliphatic carbocycles. The van der Waals surface area contributed by atoms with Gasteiger partial charge in [-0.05, 0) is 62.8 Å². The van der Waals surface area contributed by atoms with Gasteiger partial charge in [0.25, 0.3) is 0 Å². The van der Waals surface area contributed by atoms with Crippen LogP contribution in [-0.4, -0.2) is 61.8 Å². The number of fused-ring (bicyclic) bond motifs is 2. The molecule has 1 aromatic rings. The normalized spacial score (nSPS) is 40.4. The molecule has 4 unspecified atom stereocenters. The van der Waals surface area contributed by atoms with E-state index >= 15 is 0 Å². The number of hydrogen-bond acceptors (Lipinski definition) is 8. The van der Waals surface area contributed by atoms with Crippen molar-refractivity contribution < 1.29 is 38.3 Å². The van der Waals surface area contributed by atoms with Gasteiger partial charge in [0.2, 0.25) is 0 Å². The topological polar surface area (TPSA) is 84.8 Å². The molecule has 0 radical (unpaired) electrons. The SMILES string of the molecule is OC1C[C@@H]2[C@@H](CCCC3OCc4ccccc4O3)[C@H](OC3OCCC[C@@H]3OC3CCCCO3)C[C@@H]2O1. The summed E-state index contributed by atoms with van der Waals surface area (Å²) in [5.41, 5.74) is 1.10. The van der Waals surface area contributed by atoms with Gasteiger partial charge in [-0.2, -0.15) is 0 Å². The van der Waals surface area contributed by atoms with E-state index in [2.05, 4.69) is 0 Å². The van der Waals surface area contributed by atoms with Crippen LogP contribution >= 0.6 is 0 Å². The van der Waals surface area contributed by atoms with Crippen LogP contribution in [-0.2, 0) is 35.0 Å². The molecule has 4 heterocycles. The van der Waals surface area contributed by atoms with Gasteiger partial charge in [-0.3, -0.25) is 0 Å². The number of aliphatic hydroxyl groups is 1. The van der Waals surface area contributed by atoms with Crippen molar-refractivity contribution in [2.75, 3.05) is 13.2 Å². The number of hydrogen-bond donors (Lipinski definition) is 1. The molecule has 8 heteroatoms. The van der Waals surface area contributed by atoms with E-state index in [9.17, 15) is 5.11 Å². The second-order valence-corrected chi connectivity index (χ2v) is 10.9. The lowest BCUT2D eigenvalue weighted by Gasteiger charge is -2.37. The Bertz CT molecular complexity index is 845. The van der Waals surface area contributed by atoms with Gasteiger partial charge in [0.05, 0.1) is 18.8 Å². The van der Waals surface area contributed by atoms with Crippen molar-refractivity contribution in [3.8, 4) is 5.75 Å². The molecule has 0 spiro atoms. The number of aliphatic hydroxyl groups excluding tert-OH is 1. The van der Waals surface area contributed by atoms with Crippen molar-refractivity contribution in [2.24, 2.45) is 11.8 Å². The molecule has 0 amide bonds. The predicted molar refractivity (Wildman–Crippen MR) is 129 cm³/mol. The van der Waals surface area contributed by atoms with Crippen molar-refractivity contribution in [1.29, 1.82) is 0 Å². The van der Waals surface area contributed by atoms with Gasteiger partial charge in [-0.1, -0.05) is 18.2 Å². The second-order valence-electron chi connectivity index (χ2n) is 10.9. The summed E-state index contributed by atoms with van der Waals surface area (Å²) in [4.78, 5) is 0. The highest BCUT2D eigenvalue weighted by Gasteiger charge is 2.50. The summed E-state index contributed by atoms with van der Waals surface area (Å²) >= 11 is 0. The third-order valence-corrected chi connectivity index (χ3v) is 8.40. The van der Waals surface area contributed by atoms with E-state index in [0.717, 1.165) is 75.7 Å². The lowest BCUT2D eigenvalue weighted by atomic mass is 9.87. The van der Waals surface area contributed by atoms with Crippen molar-refractivity contribution in [2.45, 2.75) is 114 Å². The lowest BCUT2D eigenvalue weighted by molar-refractivity contribution is -0.290. The summed E-state index contributed by atoms with van der Waals surface area (Å²) in [7, 11) is 0. The zero-order valence-electron chi connectivity index (χ0n) is 21.0. The fraction of sp³-hybridized carbons (Fsp3) is 0.786. The Kier molecular flexibility index (Phi) is 8.10. The van der Waals surface area contributed by atoms with Gasteiger partial charge >= 0.3 is 0 Å². The molecular formula is C28H40O8. The largest absolute Gasteiger partial charge is 0.465 e. The summed E-state index contributed by atoms with van der Waals surface area (Å²) in [5.74, 6) is 1.51. The van der Waals surface area contributed by atoms with Gasteiger partial charge in [0.1, 0.15) is 11.9 Å². The second kappa shape index (κ2) is 11.6. The Balaban J connectivity index is 1.06. The van der Waals surface area contributed by atoms with Crippen molar-refractivity contribution in [1.82, 2.24) is 0 Å². The van der Waals surface area contributed by atoms with Crippen molar-refractivity contribution in [3.05, 3.63) is 29.8 Å². The number of benzene rings is 1. The molecule has 1 saturated carbocycles. The van der Waals surface area contributed by atoms with Gasteiger partial charge < -0.3 is 38.3 Å². The Labute approximate surface area is 213 Å². The van der Waals surface area contributed by atoms with E-state index in [-0.39, 0.29) is 37.2 Å². The average molecular weight is 505 g/mol. The summed E-state index contributed by atoms with van der Waals surface area (Å²) in [6.45, 7) is 2.04. The fourth-order valence-corrected chi connectivity index (χ4v) is 6.59. The minimum Gasteiger partial charge on any atom is -0.465 e. The zero-order valence-corrected chi connectivity index (χ0v) is 21.0. The summed E-state index contributed by atoms with van der Waals surface area (Å²) in [6, 6.07) is 8.06. The first-order valence-corrected chi connectivity index (χ1v) is 14.0. The molecule has 36 heavy (non-hydrogen) atoms. The molecule has 0 bridgehead atoms. The molecule has 200 valence electrons. The van der Waals surface area contributed by atoms with Crippen molar-refractivity contribution >= 4 is 0 Å². The Morgan fingerprint density at radius 1 is 0.889 bits per heavy atom. The van der Waals surface area contributed by atoms with Crippen LogP contribution in [0.5, 0.6) is 5.75 Å². The fourth-order valence-electron chi connectivity index (χ4n) is 6.59. The molecule has 1 aromatic carbocycles. The third kappa shape index (κ3) is 5.75. The maximum absolute atomic E-state index is 10.1. The Morgan fingerprint density at radius 2 is 1.81 bits per heavy atom. The first-order valence-electron chi connectivity index (χ1n) is 14.0. The highest BCUT2D eigenvalue weighted by molar-refractivity contribution is 5.33. The van der Waals surface area contributed by atoms with E-state index in [1.807, 2.05) is 24.3 Å². The van der Waals surface area contributed by atoms with Gasteiger partial charge in [0.15, 0.2) is 25.2 Å². The van der Waals surface area contributed by atoms with E-state index in [0.29, 0.717) is 31.5 Å². The molecule has 9 atom stereocenters. The Hall–Kier alpha value is -1.26. The van der Waals surface area contributed by atoms with Crippen LogP contribution in [0.25, 0.3) is 0 Å². The molecule has 8 nitrogen and oxygen atoms in total. The monoisotopic (exact) mass is 504 g/mol. The quantitative estimate of drug-likeness (QED) is 0.562. The van der Waals surface area contributed by atoms with Gasteiger partial charge in [0, 0.05) is 38.0 Å². The predicted octanol–water partition coefficient (Wildman–Crippen LogP) is 4.27. The molecule has 5 aliphatic rings.